The van der Waals surface area contributed by atoms with Crippen LogP contribution in [0.2, 0.25) is 0 Å². The molecule has 124 valence electrons. The molecule has 0 atom stereocenters. The molecule has 3 aromatic rings. The minimum Gasteiger partial charge on any atom is -0.217 e. The minimum absolute atomic E-state index is 0.0446. The number of aromatic nitrogens is 3. The molecule has 1 heterocycles. The zero-order chi connectivity index (χ0) is 17.3. The second kappa shape index (κ2) is 6.20. The van der Waals surface area contributed by atoms with Crippen molar-refractivity contribution in [2.45, 2.75) is 25.7 Å². The van der Waals surface area contributed by atoms with Gasteiger partial charge in [-0.25, -0.2) is 13.1 Å². The van der Waals surface area contributed by atoms with E-state index in [4.69, 9.17) is 0 Å². The Morgan fingerprint density at radius 3 is 2.42 bits per heavy atom. The summed E-state index contributed by atoms with van der Waals surface area (Å²) in [4.78, 5) is 0.250. The fourth-order valence-electron chi connectivity index (χ4n) is 2.43. The number of hydrogen-bond donors (Lipinski definition) is 0. The Morgan fingerprint density at radius 1 is 1.08 bits per heavy atom. The van der Waals surface area contributed by atoms with E-state index in [9.17, 15) is 8.42 Å². The van der Waals surface area contributed by atoms with Gasteiger partial charge in [0.25, 0.3) is 0 Å². The summed E-state index contributed by atoms with van der Waals surface area (Å²) in [6.07, 6.45) is 1.70. The van der Waals surface area contributed by atoms with Crippen molar-refractivity contribution in [3.8, 4) is 0 Å². The van der Waals surface area contributed by atoms with Crippen molar-refractivity contribution in [3.05, 3.63) is 60.2 Å². The maximum Gasteiger partial charge on any atom is 0.223 e. The van der Waals surface area contributed by atoms with Gasteiger partial charge in [0.2, 0.25) is 9.84 Å². The van der Waals surface area contributed by atoms with Crippen LogP contribution in [0.5, 0.6) is 0 Å². The van der Waals surface area contributed by atoms with Crippen molar-refractivity contribution in [1.29, 1.82) is 0 Å². The highest BCUT2D eigenvalue weighted by Crippen LogP contribution is 2.27. The Bertz CT molecular complexity index is 1000. The molecule has 0 aliphatic heterocycles. The second-order valence-electron chi connectivity index (χ2n) is 6.06. The molecule has 0 radical (unpaired) electrons. The minimum atomic E-state index is -3.71. The third kappa shape index (κ3) is 2.97. The number of fused-ring (bicyclic) bond motifs is 1. The molecule has 0 unspecified atom stereocenters. The first kappa shape index (κ1) is 16.4. The van der Waals surface area contributed by atoms with Crippen LogP contribution in [-0.2, 0) is 9.84 Å². The van der Waals surface area contributed by atoms with E-state index >= 15 is 0 Å². The molecule has 0 fully saturated rings. The van der Waals surface area contributed by atoms with Crippen LogP contribution in [0.15, 0.2) is 59.5 Å². The highest BCUT2D eigenvalue weighted by molar-refractivity contribution is 8.00. The summed E-state index contributed by atoms with van der Waals surface area (Å²) in [5.74, 6) is 0.0446. The maximum atomic E-state index is 13.2. The van der Waals surface area contributed by atoms with Gasteiger partial charge in [0.15, 0.2) is 5.03 Å². The van der Waals surface area contributed by atoms with E-state index < -0.39 is 9.84 Å². The van der Waals surface area contributed by atoms with Crippen LogP contribution < -0.4 is 0 Å². The van der Waals surface area contributed by atoms with E-state index in [2.05, 4.69) is 10.3 Å². The predicted molar refractivity (Wildman–Crippen MR) is 95.0 cm³/mol. The Labute approximate surface area is 141 Å². The van der Waals surface area contributed by atoms with Crippen molar-refractivity contribution in [3.63, 3.8) is 0 Å². The van der Waals surface area contributed by atoms with Gasteiger partial charge < -0.3 is 0 Å². The molecule has 0 aliphatic carbocycles. The summed E-state index contributed by atoms with van der Waals surface area (Å²) in [7, 11) is -3.71. The van der Waals surface area contributed by atoms with Gasteiger partial charge in [0.05, 0.1) is 10.4 Å². The van der Waals surface area contributed by atoms with Gasteiger partial charge in [-0.05, 0) is 43.2 Å². The Kier molecular flexibility index (Phi) is 4.24. The maximum absolute atomic E-state index is 13.2. The molecular weight excluding hydrogens is 322 g/mol. The van der Waals surface area contributed by atoms with Crippen LogP contribution in [0, 0.1) is 12.8 Å². The van der Waals surface area contributed by atoms with Crippen LogP contribution in [-0.4, -0.2) is 23.4 Å². The number of rotatable bonds is 4. The number of hydrogen-bond acceptors (Lipinski definition) is 4. The molecule has 5 nitrogen and oxygen atoms in total. The molecule has 6 heteroatoms. The third-order valence-electron chi connectivity index (χ3n) is 3.64. The first-order valence-electron chi connectivity index (χ1n) is 7.74. The summed E-state index contributed by atoms with van der Waals surface area (Å²) in [5.41, 5.74) is 2.33. The predicted octanol–water partition coefficient (Wildman–Crippen LogP) is 3.67. The molecule has 0 saturated carbocycles. The summed E-state index contributed by atoms with van der Waals surface area (Å²) < 4.78 is 27.7. The van der Waals surface area contributed by atoms with E-state index in [0.717, 1.165) is 5.56 Å². The molecule has 0 aliphatic rings. The van der Waals surface area contributed by atoms with Crippen LogP contribution in [0.4, 0.5) is 0 Å². The summed E-state index contributed by atoms with van der Waals surface area (Å²) in [6.45, 7) is 5.79. The molecule has 2 aromatic carbocycles. The van der Waals surface area contributed by atoms with E-state index in [-0.39, 0.29) is 15.8 Å². The van der Waals surface area contributed by atoms with Crippen LogP contribution in [0.3, 0.4) is 0 Å². The Morgan fingerprint density at radius 2 is 1.75 bits per heavy atom. The van der Waals surface area contributed by atoms with Gasteiger partial charge >= 0.3 is 0 Å². The van der Waals surface area contributed by atoms with Gasteiger partial charge in [-0.15, -0.1) is 5.10 Å². The lowest BCUT2D eigenvalue weighted by atomic mass is 10.2. The summed E-state index contributed by atoms with van der Waals surface area (Å²) in [6, 6.07) is 14.1. The largest absolute Gasteiger partial charge is 0.223 e. The lowest BCUT2D eigenvalue weighted by Crippen LogP contribution is -2.13. The SMILES string of the molecule is Cc1ccc(S(=O)(=O)C(=CC(C)C)n2nnc3ccccc32)cc1. The third-order valence-corrected chi connectivity index (χ3v) is 5.40. The van der Waals surface area contributed by atoms with E-state index in [1.54, 1.807) is 30.3 Å². The first-order chi connectivity index (χ1) is 11.4. The van der Waals surface area contributed by atoms with Gasteiger partial charge in [-0.1, -0.05) is 48.9 Å². The molecule has 0 N–H and O–H groups in total. The molecule has 0 saturated heterocycles. The first-order valence-corrected chi connectivity index (χ1v) is 9.22. The highest BCUT2D eigenvalue weighted by atomic mass is 32.2. The Hall–Kier alpha value is -2.47. The monoisotopic (exact) mass is 341 g/mol. The van der Waals surface area contributed by atoms with Crippen molar-refractivity contribution < 1.29 is 8.42 Å². The average molecular weight is 341 g/mol. The zero-order valence-electron chi connectivity index (χ0n) is 13.8. The van der Waals surface area contributed by atoms with Crippen LogP contribution in [0.1, 0.15) is 19.4 Å². The molecule has 1 aromatic heterocycles. The molecule has 0 bridgehead atoms. The number of nitrogens with zero attached hydrogens (tertiary/aromatic N) is 3. The fraction of sp³-hybridized carbons (Fsp3) is 0.222. The molecule has 0 amide bonds. The number of para-hydroxylation sites is 1. The average Bonchev–Trinajstić information content (AvgIpc) is 2.96. The van der Waals surface area contributed by atoms with Crippen LogP contribution in [0.25, 0.3) is 16.1 Å². The lowest BCUT2D eigenvalue weighted by Gasteiger charge is -2.11. The van der Waals surface area contributed by atoms with E-state index in [0.29, 0.717) is 11.0 Å². The van der Waals surface area contributed by atoms with E-state index in [1.165, 1.54) is 4.68 Å². The quantitative estimate of drug-likeness (QED) is 0.726. The van der Waals surface area contributed by atoms with Crippen molar-refractivity contribution >= 4 is 25.9 Å². The number of benzene rings is 2. The molecular formula is C18H19N3O2S. The number of allylic oxidation sites excluding steroid dienone is 1. The number of sulfone groups is 1. The molecule has 0 spiro atoms. The summed E-state index contributed by atoms with van der Waals surface area (Å²) in [5, 5.41) is 8.29. The summed E-state index contributed by atoms with van der Waals surface area (Å²) >= 11 is 0. The highest BCUT2D eigenvalue weighted by Gasteiger charge is 2.25. The fourth-order valence-corrected chi connectivity index (χ4v) is 3.98. The van der Waals surface area contributed by atoms with E-state index in [1.807, 2.05) is 45.0 Å². The van der Waals surface area contributed by atoms with Crippen molar-refractivity contribution in [2.75, 3.05) is 0 Å². The molecule has 24 heavy (non-hydrogen) atoms. The standard InChI is InChI=1S/C18H19N3O2S/c1-13(2)12-18(21-17-7-5-4-6-16(17)19-20-21)24(22,23)15-10-8-14(3)9-11-15/h4-13H,1-3H3. The van der Waals surface area contributed by atoms with Crippen molar-refractivity contribution in [2.24, 2.45) is 5.92 Å². The van der Waals surface area contributed by atoms with Gasteiger partial charge in [0.1, 0.15) is 5.52 Å². The van der Waals surface area contributed by atoms with Gasteiger partial charge in [-0.3, -0.25) is 0 Å². The topological polar surface area (TPSA) is 64.8 Å². The molecule has 3 rings (SSSR count). The van der Waals surface area contributed by atoms with Gasteiger partial charge in [0, 0.05) is 0 Å². The Balaban J connectivity index is 2.23. The lowest BCUT2D eigenvalue weighted by molar-refractivity contribution is 0.602. The number of aryl methyl sites for hydroxylation is 1. The normalized spacial score (nSPS) is 12.9. The smallest absolute Gasteiger partial charge is 0.217 e. The zero-order valence-corrected chi connectivity index (χ0v) is 14.7. The second-order valence-corrected chi connectivity index (χ2v) is 7.95. The van der Waals surface area contributed by atoms with Gasteiger partial charge in [-0.2, -0.15) is 0 Å². The van der Waals surface area contributed by atoms with Crippen LogP contribution >= 0.6 is 0 Å². The van der Waals surface area contributed by atoms with Crippen molar-refractivity contribution in [1.82, 2.24) is 15.0 Å².